The first-order valence-corrected chi connectivity index (χ1v) is 9.97. The summed E-state index contributed by atoms with van der Waals surface area (Å²) < 4.78 is 48.3. The van der Waals surface area contributed by atoms with Crippen molar-refractivity contribution in [2.75, 3.05) is 0 Å². The second-order valence-electron chi connectivity index (χ2n) is 7.81. The van der Waals surface area contributed by atoms with Gasteiger partial charge in [-0.05, 0) is 41.8 Å². The number of fused-ring (bicyclic) bond motifs is 1. The summed E-state index contributed by atoms with van der Waals surface area (Å²) in [5.74, 6) is -2.01. The molecule has 2 N–H and O–H groups in total. The molecule has 0 aromatic heterocycles. The molecule has 1 fully saturated rings. The number of nitrogens with zero attached hydrogens (tertiary/aromatic N) is 1. The zero-order valence-corrected chi connectivity index (χ0v) is 16.9. The van der Waals surface area contributed by atoms with Crippen molar-refractivity contribution in [2.24, 2.45) is 16.6 Å². The number of hydrogen-bond acceptors (Lipinski definition) is 4. The van der Waals surface area contributed by atoms with Crippen LogP contribution in [-0.2, 0) is 21.5 Å². The van der Waals surface area contributed by atoms with E-state index in [1.54, 1.807) is 31.2 Å². The Morgan fingerprint density at radius 3 is 2.67 bits per heavy atom. The van der Waals surface area contributed by atoms with Crippen molar-refractivity contribution >= 4 is 23.4 Å². The fraction of sp³-hybridized carbons (Fsp3) is 0.364. The fourth-order valence-corrected chi connectivity index (χ4v) is 4.21. The number of nitrogens with two attached hydrogens (primary N) is 1. The number of Topliss-reactive ketones (excluding diaryl/α,β-unsaturated/α-hetero) is 1. The molecule has 2 aromatic carbocycles. The monoisotopic (exact) mass is 436 g/mol. The van der Waals surface area contributed by atoms with Crippen molar-refractivity contribution in [3.63, 3.8) is 0 Å². The van der Waals surface area contributed by atoms with Crippen LogP contribution in [0.15, 0.2) is 47.5 Å². The van der Waals surface area contributed by atoms with Crippen molar-refractivity contribution < 1.29 is 22.7 Å². The van der Waals surface area contributed by atoms with Crippen LogP contribution in [0.2, 0.25) is 5.02 Å². The van der Waals surface area contributed by atoms with E-state index in [-0.39, 0.29) is 23.8 Å². The molecular formula is C22H20ClF3N2O2. The van der Waals surface area contributed by atoms with E-state index in [0.717, 1.165) is 11.6 Å². The van der Waals surface area contributed by atoms with Gasteiger partial charge >= 0.3 is 0 Å². The molecular weight excluding hydrogens is 417 g/mol. The molecule has 8 heteroatoms. The van der Waals surface area contributed by atoms with Crippen LogP contribution in [0.3, 0.4) is 0 Å². The topological polar surface area (TPSA) is 64.7 Å². The Morgan fingerprint density at radius 1 is 1.30 bits per heavy atom. The Hall–Kier alpha value is -2.54. The zero-order valence-electron chi connectivity index (χ0n) is 16.1. The van der Waals surface area contributed by atoms with Gasteiger partial charge in [0.25, 0.3) is 12.4 Å². The van der Waals surface area contributed by atoms with E-state index in [1.807, 2.05) is 0 Å². The second-order valence-corrected chi connectivity index (χ2v) is 8.24. The second kappa shape index (κ2) is 7.61. The van der Waals surface area contributed by atoms with E-state index in [0.29, 0.717) is 17.0 Å². The number of ether oxygens (including phenoxy) is 1. The molecule has 1 saturated carbocycles. The number of alkyl halides is 2. The fourth-order valence-electron chi connectivity index (χ4n) is 4.08. The largest absolute Gasteiger partial charge is 0.462 e. The van der Waals surface area contributed by atoms with Crippen molar-refractivity contribution in [3.8, 4) is 0 Å². The van der Waals surface area contributed by atoms with Crippen LogP contribution in [0.25, 0.3) is 0 Å². The number of carbonyl (C=O) groups excluding carboxylic acids is 1. The van der Waals surface area contributed by atoms with E-state index in [4.69, 9.17) is 22.1 Å². The normalized spacial score (nSPS) is 25.9. The quantitative estimate of drug-likeness (QED) is 0.720. The summed E-state index contributed by atoms with van der Waals surface area (Å²) in [6.45, 7) is 1.76. The minimum absolute atomic E-state index is 0.0276. The first-order chi connectivity index (χ1) is 14.2. The summed E-state index contributed by atoms with van der Waals surface area (Å²) in [7, 11) is 0. The van der Waals surface area contributed by atoms with Gasteiger partial charge in [0, 0.05) is 28.8 Å². The highest BCUT2D eigenvalue weighted by atomic mass is 35.5. The highest BCUT2D eigenvalue weighted by Gasteiger charge is 2.64. The maximum atomic E-state index is 14.7. The summed E-state index contributed by atoms with van der Waals surface area (Å²) >= 11 is 5.89. The number of amidine groups is 1. The van der Waals surface area contributed by atoms with Crippen LogP contribution >= 0.6 is 11.6 Å². The minimum atomic E-state index is -2.97. The molecule has 1 heterocycles. The van der Waals surface area contributed by atoms with Crippen LogP contribution in [-0.4, -0.2) is 24.3 Å². The van der Waals surface area contributed by atoms with E-state index >= 15 is 0 Å². The van der Waals surface area contributed by atoms with Gasteiger partial charge in [-0.3, -0.25) is 4.79 Å². The molecule has 1 aliphatic carbocycles. The van der Waals surface area contributed by atoms with Crippen molar-refractivity contribution in [1.82, 2.24) is 0 Å². The molecule has 4 nitrogen and oxygen atoms in total. The van der Waals surface area contributed by atoms with Crippen molar-refractivity contribution in [1.29, 1.82) is 0 Å². The molecule has 0 bridgehead atoms. The van der Waals surface area contributed by atoms with Crippen LogP contribution < -0.4 is 5.73 Å². The van der Waals surface area contributed by atoms with Crippen LogP contribution in [0, 0.1) is 11.7 Å². The maximum Gasteiger partial charge on any atom is 0.283 e. The van der Waals surface area contributed by atoms with Crippen LogP contribution in [0.1, 0.15) is 36.0 Å². The molecule has 2 aromatic rings. The zero-order chi connectivity index (χ0) is 21.6. The van der Waals surface area contributed by atoms with Gasteiger partial charge in [-0.2, -0.15) is 0 Å². The number of hydrogen-bond donors (Lipinski definition) is 1. The van der Waals surface area contributed by atoms with Crippen LogP contribution in [0.4, 0.5) is 13.2 Å². The average molecular weight is 437 g/mol. The number of ketones is 1. The Kier molecular flexibility index (Phi) is 5.26. The van der Waals surface area contributed by atoms with Crippen molar-refractivity contribution in [2.45, 2.75) is 43.8 Å². The summed E-state index contributed by atoms with van der Waals surface area (Å²) in [6, 6.07) is 10.4. The highest BCUT2D eigenvalue weighted by Crippen LogP contribution is 2.56. The van der Waals surface area contributed by atoms with Gasteiger partial charge in [0.05, 0.1) is 0 Å². The average Bonchev–Trinajstić information content (AvgIpc) is 3.48. The third-order valence-corrected chi connectivity index (χ3v) is 6.14. The first kappa shape index (κ1) is 20.7. The van der Waals surface area contributed by atoms with E-state index in [2.05, 4.69) is 4.99 Å². The summed E-state index contributed by atoms with van der Waals surface area (Å²) in [4.78, 5) is 16.6. The van der Waals surface area contributed by atoms with Gasteiger partial charge in [-0.15, -0.1) is 0 Å². The molecule has 0 spiro atoms. The molecule has 0 radical (unpaired) electrons. The smallest absolute Gasteiger partial charge is 0.283 e. The summed E-state index contributed by atoms with van der Waals surface area (Å²) in [5.41, 5.74) is 4.48. The molecule has 4 atom stereocenters. The summed E-state index contributed by atoms with van der Waals surface area (Å²) in [5, 5.41) is 0.563. The van der Waals surface area contributed by atoms with Gasteiger partial charge in [0.1, 0.15) is 17.7 Å². The van der Waals surface area contributed by atoms with E-state index in [1.165, 1.54) is 12.1 Å². The molecule has 0 saturated heterocycles. The Bertz CT molecular complexity index is 1010. The lowest BCUT2D eigenvalue weighted by Gasteiger charge is -2.33. The maximum absolute atomic E-state index is 14.7. The highest BCUT2D eigenvalue weighted by molar-refractivity contribution is 6.30. The number of carbonyl (C=O) groups is 1. The molecule has 0 amide bonds. The lowest BCUT2D eigenvalue weighted by molar-refractivity contribution is -0.119. The van der Waals surface area contributed by atoms with Gasteiger partial charge in [-0.1, -0.05) is 36.7 Å². The number of aliphatic imine (C=N–C) groups is 1. The first-order valence-electron chi connectivity index (χ1n) is 9.59. The third-order valence-electron chi connectivity index (χ3n) is 5.89. The van der Waals surface area contributed by atoms with Gasteiger partial charge in [-0.25, -0.2) is 18.2 Å². The molecule has 2 aliphatic rings. The molecule has 0 unspecified atom stereocenters. The SMILES string of the molecule is C[C@H](C(=O)Cc1ccc(F)c([C@@]2(C(F)F)N=C(N)O[C@@H]3C[C@@H]32)c1)c1ccc(Cl)cc1. The van der Waals surface area contributed by atoms with Crippen molar-refractivity contribution in [3.05, 3.63) is 70.0 Å². The third kappa shape index (κ3) is 3.55. The Balaban J connectivity index is 1.64. The van der Waals surface area contributed by atoms with Gasteiger partial charge in [0.15, 0.2) is 5.54 Å². The summed E-state index contributed by atoms with van der Waals surface area (Å²) in [6.07, 6.45) is -3.17. The molecule has 158 valence electrons. The number of benzene rings is 2. The predicted octanol–water partition coefficient (Wildman–Crippen LogP) is 4.59. The number of halogens is 4. The van der Waals surface area contributed by atoms with E-state index in [9.17, 15) is 18.0 Å². The lowest BCUT2D eigenvalue weighted by Crippen LogP contribution is -2.43. The lowest BCUT2D eigenvalue weighted by atomic mass is 9.83. The number of rotatable bonds is 6. The van der Waals surface area contributed by atoms with E-state index < -0.39 is 35.7 Å². The molecule has 30 heavy (non-hydrogen) atoms. The molecule has 1 aliphatic heterocycles. The standard InChI is InChI=1S/C22H20ClF3N2O2/c1-11(13-3-5-14(23)6-4-13)18(29)9-12-2-7-17(24)15(8-12)22(20(25)26)16-10-19(16)30-21(27)28-22/h2-8,11,16,19-20H,9-10H2,1H3,(H2,27,28)/t11-,16-,19+,22+/m0/s1. The van der Waals surface area contributed by atoms with Gasteiger partial charge < -0.3 is 10.5 Å². The predicted molar refractivity (Wildman–Crippen MR) is 107 cm³/mol. The Morgan fingerprint density at radius 2 is 2.00 bits per heavy atom. The minimum Gasteiger partial charge on any atom is -0.462 e. The Labute approximate surface area is 176 Å². The van der Waals surface area contributed by atoms with Crippen LogP contribution in [0.5, 0.6) is 0 Å². The van der Waals surface area contributed by atoms with Gasteiger partial charge in [0.2, 0.25) is 0 Å². The molecule has 4 rings (SSSR count).